The molecule has 2 fully saturated rings. The van der Waals surface area contributed by atoms with Gasteiger partial charge in [0.25, 0.3) is 0 Å². The van der Waals surface area contributed by atoms with E-state index in [2.05, 4.69) is 48.5 Å². The maximum absolute atomic E-state index is 5.79. The summed E-state index contributed by atoms with van der Waals surface area (Å²) >= 11 is 0. The van der Waals surface area contributed by atoms with Gasteiger partial charge in [-0.25, -0.2) is 0 Å². The molecule has 8 nitrogen and oxygen atoms in total. The third-order valence-corrected chi connectivity index (χ3v) is 6.41. The van der Waals surface area contributed by atoms with Crippen molar-refractivity contribution in [2.75, 3.05) is 79.3 Å². The molecule has 0 bridgehead atoms. The van der Waals surface area contributed by atoms with E-state index in [1.54, 1.807) is 0 Å². The topological polar surface area (TPSA) is 80.4 Å². The van der Waals surface area contributed by atoms with Crippen LogP contribution in [-0.2, 0) is 28.4 Å². The fourth-order valence-electron chi connectivity index (χ4n) is 3.98. The van der Waals surface area contributed by atoms with Gasteiger partial charge in [0, 0.05) is 0 Å². The van der Waals surface area contributed by atoms with Crippen LogP contribution in [0.5, 0.6) is 11.5 Å². The molecule has 2 atom stereocenters. The Hall–Kier alpha value is -2.98. The number of epoxide rings is 2. The molecule has 0 aliphatic carbocycles. The number of hydrogen-bond acceptors (Lipinski definition) is 8. The molecule has 3 aromatic rings. The Kier molecular flexibility index (Phi) is 11.2. The lowest BCUT2D eigenvalue weighted by Gasteiger charge is -2.10. The first-order valence-electron chi connectivity index (χ1n) is 13.9. The van der Waals surface area contributed by atoms with E-state index in [1.165, 1.54) is 0 Å². The normalized spacial score (nSPS) is 17.5. The number of ether oxygens (including phenoxy) is 8. The van der Waals surface area contributed by atoms with E-state index in [1.807, 2.05) is 24.3 Å². The van der Waals surface area contributed by atoms with Crippen LogP contribution in [0.4, 0.5) is 0 Å². The van der Waals surface area contributed by atoms with Gasteiger partial charge >= 0.3 is 0 Å². The summed E-state index contributed by atoms with van der Waals surface area (Å²) in [7, 11) is 0. The van der Waals surface area contributed by atoms with E-state index in [4.69, 9.17) is 37.9 Å². The van der Waals surface area contributed by atoms with Gasteiger partial charge in [-0.2, -0.15) is 0 Å². The quantitative estimate of drug-likeness (QED) is 0.149. The van der Waals surface area contributed by atoms with Crippen LogP contribution in [0, 0.1) is 0 Å². The predicted molar refractivity (Wildman–Crippen MR) is 151 cm³/mol. The SMILES string of the molecule is c1cc(-c2ccc(-c3ccc(OCCOCCOCC4CO4)cc3)cc2)ccc1OCCOCCOCC1CO1. The van der Waals surface area contributed by atoms with Gasteiger partial charge in [0.1, 0.15) is 36.9 Å². The van der Waals surface area contributed by atoms with E-state index >= 15 is 0 Å². The monoisotopic (exact) mass is 550 g/mol. The minimum atomic E-state index is 0.295. The molecule has 214 valence electrons. The van der Waals surface area contributed by atoms with E-state index in [0.29, 0.717) is 78.3 Å². The maximum atomic E-state index is 5.79. The van der Waals surface area contributed by atoms with E-state index in [0.717, 1.165) is 47.0 Å². The second kappa shape index (κ2) is 15.7. The largest absolute Gasteiger partial charge is 0.491 e. The van der Waals surface area contributed by atoms with Crippen LogP contribution in [0.15, 0.2) is 72.8 Å². The van der Waals surface area contributed by atoms with Crippen molar-refractivity contribution in [2.45, 2.75) is 12.2 Å². The van der Waals surface area contributed by atoms with Crippen LogP contribution >= 0.6 is 0 Å². The highest BCUT2D eigenvalue weighted by molar-refractivity contribution is 5.71. The van der Waals surface area contributed by atoms with Crippen LogP contribution in [0.2, 0.25) is 0 Å². The molecule has 5 rings (SSSR count). The van der Waals surface area contributed by atoms with Gasteiger partial charge in [-0.05, 0) is 46.5 Å². The second-order valence-corrected chi connectivity index (χ2v) is 9.61. The molecule has 0 N–H and O–H groups in total. The van der Waals surface area contributed by atoms with Crippen molar-refractivity contribution in [3.63, 3.8) is 0 Å². The number of benzene rings is 3. The van der Waals surface area contributed by atoms with E-state index in [9.17, 15) is 0 Å². The van der Waals surface area contributed by atoms with Gasteiger partial charge in [0.2, 0.25) is 0 Å². The molecule has 0 saturated carbocycles. The van der Waals surface area contributed by atoms with Gasteiger partial charge < -0.3 is 37.9 Å². The summed E-state index contributed by atoms with van der Waals surface area (Å²) in [6, 6.07) is 24.8. The predicted octanol–water partition coefficient (Wildman–Crippen LogP) is 4.64. The number of rotatable bonds is 20. The van der Waals surface area contributed by atoms with Gasteiger partial charge in [-0.15, -0.1) is 0 Å². The van der Waals surface area contributed by atoms with Gasteiger partial charge in [0.05, 0.1) is 66.1 Å². The molecule has 2 saturated heterocycles. The van der Waals surface area contributed by atoms with Crippen molar-refractivity contribution in [1.29, 1.82) is 0 Å². The first kappa shape index (κ1) is 28.5. The summed E-state index contributed by atoms with van der Waals surface area (Å²) in [6.45, 7) is 7.29. The minimum Gasteiger partial charge on any atom is -0.491 e. The number of hydrogen-bond donors (Lipinski definition) is 0. The Bertz CT molecular complexity index is 1020. The molecule has 2 unspecified atom stereocenters. The first-order chi connectivity index (χ1) is 19.8. The summed E-state index contributed by atoms with van der Waals surface area (Å²) in [5.74, 6) is 1.65. The lowest BCUT2D eigenvalue weighted by molar-refractivity contribution is 0.0317. The van der Waals surface area contributed by atoms with Crippen molar-refractivity contribution >= 4 is 0 Å². The van der Waals surface area contributed by atoms with Crippen LogP contribution in [0.3, 0.4) is 0 Å². The van der Waals surface area contributed by atoms with Gasteiger partial charge in [-0.3, -0.25) is 0 Å². The lowest BCUT2D eigenvalue weighted by atomic mass is 10.0. The Balaban J connectivity index is 0.967. The standard InChI is InChI=1S/C32H38O8/c1-2-26(28-7-11-30(12-8-28)38-20-18-34-14-16-36-22-32-24-40-32)4-3-25(1)27-5-9-29(10-6-27)37-19-17-33-13-15-35-21-31-23-39-31/h1-12,31-32H,13-24H2. The molecule has 0 radical (unpaired) electrons. The second-order valence-electron chi connectivity index (χ2n) is 9.61. The fourth-order valence-corrected chi connectivity index (χ4v) is 3.98. The molecule has 0 spiro atoms. The first-order valence-corrected chi connectivity index (χ1v) is 13.9. The average molecular weight is 551 g/mol. The van der Waals surface area contributed by atoms with Crippen molar-refractivity contribution in [3.05, 3.63) is 72.8 Å². The molecular weight excluding hydrogens is 512 g/mol. The molecular formula is C32H38O8. The smallest absolute Gasteiger partial charge is 0.119 e. The summed E-state index contributed by atoms with van der Waals surface area (Å²) in [6.07, 6.45) is 0.590. The van der Waals surface area contributed by atoms with Crippen LogP contribution < -0.4 is 9.47 Å². The van der Waals surface area contributed by atoms with Gasteiger partial charge in [0.15, 0.2) is 0 Å². The molecule has 0 amide bonds. The molecule has 0 aromatic heterocycles. The molecule has 40 heavy (non-hydrogen) atoms. The zero-order valence-corrected chi connectivity index (χ0v) is 22.8. The van der Waals surface area contributed by atoms with Crippen molar-refractivity contribution in [2.24, 2.45) is 0 Å². The average Bonchev–Trinajstić information content (AvgIpc) is 3.93. The Morgan fingerprint density at radius 1 is 0.425 bits per heavy atom. The van der Waals surface area contributed by atoms with Crippen molar-refractivity contribution < 1.29 is 37.9 Å². The fraction of sp³-hybridized carbons (Fsp3) is 0.438. The maximum Gasteiger partial charge on any atom is 0.119 e. The molecule has 2 heterocycles. The Morgan fingerprint density at radius 3 is 1.07 bits per heavy atom. The third kappa shape index (κ3) is 10.2. The minimum absolute atomic E-state index is 0.295. The highest BCUT2D eigenvalue weighted by Gasteiger charge is 2.22. The van der Waals surface area contributed by atoms with Crippen LogP contribution in [0.25, 0.3) is 22.3 Å². The molecule has 2 aliphatic heterocycles. The van der Waals surface area contributed by atoms with Crippen LogP contribution in [-0.4, -0.2) is 91.5 Å². The van der Waals surface area contributed by atoms with E-state index < -0.39 is 0 Å². The van der Waals surface area contributed by atoms with Crippen molar-refractivity contribution in [3.8, 4) is 33.8 Å². The zero-order chi connectivity index (χ0) is 27.2. The summed E-state index contributed by atoms with van der Waals surface area (Å²) in [5.41, 5.74) is 4.59. The Morgan fingerprint density at radius 2 is 0.725 bits per heavy atom. The van der Waals surface area contributed by atoms with Crippen LogP contribution in [0.1, 0.15) is 0 Å². The lowest BCUT2D eigenvalue weighted by Crippen LogP contribution is -2.12. The zero-order valence-electron chi connectivity index (χ0n) is 22.8. The molecule has 3 aromatic carbocycles. The van der Waals surface area contributed by atoms with E-state index in [-0.39, 0.29) is 0 Å². The molecule has 2 aliphatic rings. The highest BCUT2D eigenvalue weighted by Crippen LogP contribution is 2.27. The van der Waals surface area contributed by atoms with Gasteiger partial charge in [-0.1, -0.05) is 48.5 Å². The Labute approximate surface area is 236 Å². The van der Waals surface area contributed by atoms with Crippen molar-refractivity contribution in [1.82, 2.24) is 0 Å². The third-order valence-electron chi connectivity index (χ3n) is 6.41. The summed E-state index contributed by atoms with van der Waals surface area (Å²) < 4.78 is 43.7. The summed E-state index contributed by atoms with van der Waals surface area (Å²) in [5, 5.41) is 0. The molecule has 8 heteroatoms. The highest BCUT2D eigenvalue weighted by atomic mass is 16.6. The summed E-state index contributed by atoms with van der Waals surface area (Å²) in [4.78, 5) is 0.